The molecular weight excluding hydrogens is 258 g/mol. The minimum atomic E-state index is -1.08. The number of para-hydroxylation sites is 1. The van der Waals surface area contributed by atoms with Crippen molar-refractivity contribution in [2.24, 2.45) is 7.05 Å². The number of carboxylic acids is 1. The van der Waals surface area contributed by atoms with Crippen LogP contribution in [0.4, 0.5) is 0 Å². The van der Waals surface area contributed by atoms with Gasteiger partial charge in [-0.3, -0.25) is 0 Å². The van der Waals surface area contributed by atoms with Crippen LogP contribution in [0.15, 0.2) is 18.2 Å². The van der Waals surface area contributed by atoms with Crippen molar-refractivity contribution in [3.8, 4) is 17.7 Å². The molecule has 0 atom stereocenters. The highest BCUT2D eigenvalue weighted by atomic mass is 16.5. The summed E-state index contributed by atoms with van der Waals surface area (Å²) in [5.41, 5.74) is 1.56. The van der Waals surface area contributed by atoms with E-state index in [1.54, 1.807) is 33.0 Å². The minimum Gasteiger partial charge on any atom is -0.478 e. The maximum Gasteiger partial charge on any atom is 0.339 e. The molecule has 0 spiro atoms. The highest BCUT2D eigenvalue weighted by molar-refractivity contribution is 5.91. The molecule has 2 rings (SSSR count). The van der Waals surface area contributed by atoms with Gasteiger partial charge in [0.25, 0.3) is 0 Å². The Bertz CT molecular complexity index is 726. The van der Waals surface area contributed by atoms with Crippen LogP contribution in [0.5, 0.6) is 11.6 Å². The lowest BCUT2D eigenvalue weighted by atomic mass is 10.1. The molecule has 6 heteroatoms. The third kappa shape index (κ3) is 2.21. The van der Waals surface area contributed by atoms with E-state index in [4.69, 9.17) is 10.00 Å². The molecule has 0 unspecified atom stereocenters. The van der Waals surface area contributed by atoms with Crippen LogP contribution in [0.1, 0.15) is 27.2 Å². The summed E-state index contributed by atoms with van der Waals surface area (Å²) in [4.78, 5) is 11.2. The third-order valence-corrected chi connectivity index (χ3v) is 2.92. The first-order valence-electron chi connectivity index (χ1n) is 5.90. The molecule has 0 aliphatic heterocycles. The zero-order valence-corrected chi connectivity index (χ0v) is 11.3. The highest BCUT2D eigenvalue weighted by Crippen LogP contribution is 2.31. The molecule has 1 aromatic heterocycles. The van der Waals surface area contributed by atoms with Crippen molar-refractivity contribution in [2.45, 2.75) is 13.8 Å². The summed E-state index contributed by atoms with van der Waals surface area (Å²) in [6, 6.07) is 6.87. The molecule has 0 saturated carbocycles. The number of rotatable bonds is 3. The van der Waals surface area contributed by atoms with Crippen molar-refractivity contribution in [3.05, 3.63) is 40.6 Å². The number of carbonyl (C=O) groups is 1. The Morgan fingerprint density at radius 2 is 2.15 bits per heavy atom. The van der Waals surface area contributed by atoms with Gasteiger partial charge < -0.3 is 9.84 Å². The van der Waals surface area contributed by atoms with Crippen LogP contribution in [0.2, 0.25) is 0 Å². The van der Waals surface area contributed by atoms with Gasteiger partial charge in [-0.25, -0.2) is 9.48 Å². The number of hydrogen-bond donors (Lipinski definition) is 1. The first kappa shape index (κ1) is 13.6. The summed E-state index contributed by atoms with van der Waals surface area (Å²) in [6.07, 6.45) is 0. The summed E-state index contributed by atoms with van der Waals surface area (Å²) in [5, 5.41) is 22.4. The Kier molecular flexibility index (Phi) is 3.44. The van der Waals surface area contributed by atoms with Crippen LogP contribution in [-0.4, -0.2) is 20.9 Å². The number of carboxylic acid groups (broad SMARTS) is 1. The van der Waals surface area contributed by atoms with Crippen molar-refractivity contribution in [2.75, 3.05) is 0 Å². The highest BCUT2D eigenvalue weighted by Gasteiger charge is 2.20. The summed E-state index contributed by atoms with van der Waals surface area (Å²) >= 11 is 0. The van der Waals surface area contributed by atoms with Crippen molar-refractivity contribution in [1.29, 1.82) is 5.26 Å². The minimum absolute atomic E-state index is 0.0488. The fourth-order valence-corrected chi connectivity index (χ4v) is 1.94. The number of nitriles is 1. The van der Waals surface area contributed by atoms with Crippen LogP contribution in [-0.2, 0) is 7.05 Å². The topological polar surface area (TPSA) is 88.1 Å². The predicted octanol–water partition coefficient (Wildman–Crippen LogP) is 2.40. The van der Waals surface area contributed by atoms with E-state index in [2.05, 4.69) is 5.10 Å². The second-order valence-corrected chi connectivity index (χ2v) is 4.36. The molecule has 1 heterocycles. The lowest BCUT2D eigenvalue weighted by molar-refractivity contribution is 0.0694. The van der Waals surface area contributed by atoms with Gasteiger partial charge in [-0.2, -0.15) is 10.4 Å². The molecule has 0 amide bonds. The van der Waals surface area contributed by atoms with E-state index in [9.17, 15) is 9.90 Å². The number of nitrogens with zero attached hydrogens (tertiary/aromatic N) is 3. The van der Waals surface area contributed by atoms with Crippen LogP contribution < -0.4 is 4.74 Å². The quantitative estimate of drug-likeness (QED) is 0.926. The molecule has 1 aromatic carbocycles. The van der Waals surface area contributed by atoms with Gasteiger partial charge in [0, 0.05) is 7.05 Å². The van der Waals surface area contributed by atoms with E-state index >= 15 is 0 Å². The first-order chi connectivity index (χ1) is 9.45. The molecule has 0 saturated heterocycles. The Morgan fingerprint density at radius 1 is 1.45 bits per heavy atom. The van der Waals surface area contributed by atoms with E-state index < -0.39 is 5.97 Å². The van der Waals surface area contributed by atoms with Crippen molar-refractivity contribution in [1.82, 2.24) is 9.78 Å². The molecule has 0 radical (unpaired) electrons. The van der Waals surface area contributed by atoms with Gasteiger partial charge in [-0.15, -0.1) is 0 Å². The monoisotopic (exact) mass is 271 g/mol. The normalized spacial score (nSPS) is 10.1. The fourth-order valence-electron chi connectivity index (χ4n) is 1.94. The van der Waals surface area contributed by atoms with Gasteiger partial charge >= 0.3 is 5.97 Å². The van der Waals surface area contributed by atoms with Crippen LogP contribution in [0, 0.1) is 25.2 Å². The van der Waals surface area contributed by atoms with Crippen molar-refractivity contribution in [3.63, 3.8) is 0 Å². The smallest absolute Gasteiger partial charge is 0.339 e. The lowest BCUT2D eigenvalue weighted by Crippen LogP contribution is -2.04. The summed E-state index contributed by atoms with van der Waals surface area (Å²) < 4.78 is 7.09. The zero-order valence-electron chi connectivity index (χ0n) is 11.3. The number of benzene rings is 1. The third-order valence-electron chi connectivity index (χ3n) is 2.92. The average Bonchev–Trinajstić information content (AvgIpc) is 2.65. The van der Waals surface area contributed by atoms with Crippen LogP contribution in [0.25, 0.3) is 0 Å². The average molecular weight is 271 g/mol. The molecular formula is C14H13N3O3. The van der Waals surface area contributed by atoms with E-state index in [-0.39, 0.29) is 17.2 Å². The number of ether oxygens (including phenoxy) is 1. The Labute approximate surface area is 115 Å². The van der Waals surface area contributed by atoms with Crippen LogP contribution >= 0.6 is 0 Å². The van der Waals surface area contributed by atoms with Crippen LogP contribution in [0.3, 0.4) is 0 Å². The first-order valence-corrected chi connectivity index (χ1v) is 5.90. The lowest BCUT2D eigenvalue weighted by Gasteiger charge is -2.11. The standard InChI is InChI=1S/C14H13N3O3/c1-8-5-4-6-10(14(18)19)12(8)20-13-11(7-15)9(2)16-17(13)3/h4-6H,1-3H3,(H,18,19). The van der Waals surface area contributed by atoms with E-state index in [0.29, 0.717) is 16.8 Å². The predicted molar refractivity (Wildman–Crippen MR) is 70.9 cm³/mol. The van der Waals surface area contributed by atoms with Gasteiger partial charge in [0.15, 0.2) is 0 Å². The molecule has 0 bridgehead atoms. The number of aromatic nitrogens is 2. The number of aryl methyl sites for hydroxylation is 3. The zero-order chi connectivity index (χ0) is 14.9. The van der Waals surface area contributed by atoms with E-state index in [0.717, 1.165) is 0 Å². The summed E-state index contributed by atoms with van der Waals surface area (Å²) in [5.74, 6) is -0.623. The molecule has 0 fully saturated rings. The molecule has 1 N–H and O–H groups in total. The molecule has 2 aromatic rings. The van der Waals surface area contributed by atoms with Gasteiger partial charge in [0.05, 0.1) is 5.69 Å². The Balaban J connectivity index is 2.57. The number of hydrogen-bond acceptors (Lipinski definition) is 4. The number of aromatic carboxylic acids is 1. The van der Waals surface area contributed by atoms with E-state index in [1.807, 2.05) is 6.07 Å². The Hall–Kier alpha value is -2.81. The van der Waals surface area contributed by atoms with Gasteiger partial charge in [0.1, 0.15) is 22.9 Å². The summed E-state index contributed by atoms with van der Waals surface area (Å²) in [7, 11) is 1.64. The summed E-state index contributed by atoms with van der Waals surface area (Å²) in [6.45, 7) is 3.44. The van der Waals surface area contributed by atoms with Gasteiger partial charge in [-0.05, 0) is 25.5 Å². The molecule has 0 aliphatic rings. The largest absolute Gasteiger partial charge is 0.478 e. The molecule has 0 aliphatic carbocycles. The molecule has 102 valence electrons. The second-order valence-electron chi connectivity index (χ2n) is 4.36. The van der Waals surface area contributed by atoms with Gasteiger partial charge in [-0.1, -0.05) is 12.1 Å². The van der Waals surface area contributed by atoms with E-state index in [1.165, 1.54) is 10.7 Å². The maximum atomic E-state index is 11.2. The van der Waals surface area contributed by atoms with Crippen molar-refractivity contribution >= 4 is 5.97 Å². The SMILES string of the molecule is Cc1cccc(C(=O)O)c1Oc1c(C#N)c(C)nn1C. The Morgan fingerprint density at radius 3 is 2.75 bits per heavy atom. The molecule has 20 heavy (non-hydrogen) atoms. The molecule has 6 nitrogen and oxygen atoms in total. The fraction of sp³-hybridized carbons (Fsp3) is 0.214. The second kappa shape index (κ2) is 5.05. The van der Waals surface area contributed by atoms with Gasteiger partial charge in [0.2, 0.25) is 5.88 Å². The maximum absolute atomic E-state index is 11.2. The van der Waals surface area contributed by atoms with Crippen molar-refractivity contribution < 1.29 is 14.6 Å².